The first kappa shape index (κ1) is 22.5. The van der Waals surface area contributed by atoms with Gasteiger partial charge in [0, 0.05) is 25.8 Å². The Morgan fingerprint density at radius 2 is 1.84 bits per heavy atom. The summed E-state index contributed by atoms with van der Waals surface area (Å²) in [5, 5.41) is 11.9. The molecule has 0 aliphatic heterocycles. The van der Waals surface area contributed by atoms with Crippen LogP contribution in [-0.4, -0.2) is 71.8 Å². The van der Waals surface area contributed by atoms with Crippen LogP contribution in [0.15, 0.2) is 35.6 Å². The number of nitrogens with zero attached hydrogens (tertiary/aromatic N) is 4. The Bertz CT molecular complexity index is 1050. The lowest BCUT2D eigenvalue weighted by Gasteiger charge is -2.09. The lowest BCUT2D eigenvalue weighted by Crippen LogP contribution is -2.27. The molecule has 2 N–H and O–H groups in total. The summed E-state index contributed by atoms with van der Waals surface area (Å²) in [6, 6.07) is 6.28. The van der Waals surface area contributed by atoms with Gasteiger partial charge in [-0.05, 0) is 30.5 Å². The Kier molecular flexibility index (Phi) is 7.79. The Morgan fingerprint density at radius 1 is 1.10 bits per heavy atom. The van der Waals surface area contributed by atoms with E-state index >= 15 is 0 Å². The van der Waals surface area contributed by atoms with Gasteiger partial charge in [0.25, 0.3) is 5.91 Å². The molecule has 3 aromatic rings. The van der Waals surface area contributed by atoms with E-state index in [1.165, 1.54) is 18.9 Å². The molecule has 0 atom stereocenters. The van der Waals surface area contributed by atoms with Gasteiger partial charge in [-0.1, -0.05) is 11.8 Å². The topological polar surface area (TPSA) is 120 Å². The van der Waals surface area contributed by atoms with E-state index in [4.69, 9.17) is 4.74 Å². The fourth-order valence-corrected chi connectivity index (χ4v) is 3.21. The third-order valence-electron chi connectivity index (χ3n) is 4.43. The molecule has 31 heavy (non-hydrogen) atoms. The van der Waals surface area contributed by atoms with E-state index in [2.05, 4.69) is 30.4 Å². The summed E-state index contributed by atoms with van der Waals surface area (Å²) in [4.78, 5) is 32.9. The van der Waals surface area contributed by atoms with Gasteiger partial charge in [0.2, 0.25) is 0 Å². The summed E-state index contributed by atoms with van der Waals surface area (Å²) in [5.74, 6) is 0.0156. The Balaban J connectivity index is 1.66. The van der Waals surface area contributed by atoms with Crippen LogP contribution in [0.5, 0.6) is 0 Å². The molecule has 3 rings (SSSR count). The van der Waals surface area contributed by atoms with Crippen molar-refractivity contribution >= 4 is 40.5 Å². The number of hydrogen-bond donors (Lipinski definition) is 2. The van der Waals surface area contributed by atoms with E-state index in [1.54, 1.807) is 42.3 Å². The minimum Gasteiger partial charge on any atom is -0.465 e. The van der Waals surface area contributed by atoms with Gasteiger partial charge in [-0.25, -0.2) is 19.4 Å². The lowest BCUT2D eigenvalue weighted by molar-refractivity contribution is 0.0600. The fourth-order valence-electron chi connectivity index (χ4n) is 2.85. The van der Waals surface area contributed by atoms with Crippen molar-refractivity contribution in [1.82, 2.24) is 25.1 Å². The molecular formula is C20H24N6O4S. The van der Waals surface area contributed by atoms with Crippen LogP contribution in [0.2, 0.25) is 0 Å². The number of benzene rings is 1. The molecule has 0 spiro atoms. The highest BCUT2D eigenvalue weighted by molar-refractivity contribution is 7.98. The van der Waals surface area contributed by atoms with Gasteiger partial charge in [0.15, 0.2) is 10.8 Å². The van der Waals surface area contributed by atoms with E-state index in [0.717, 1.165) is 5.39 Å². The van der Waals surface area contributed by atoms with Crippen LogP contribution in [0.25, 0.3) is 11.0 Å². The Morgan fingerprint density at radius 3 is 2.52 bits per heavy atom. The van der Waals surface area contributed by atoms with Crippen molar-refractivity contribution in [2.45, 2.75) is 11.7 Å². The molecule has 164 valence electrons. The monoisotopic (exact) mass is 444 g/mol. The van der Waals surface area contributed by atoms with Crippen LogP contribution in [0.4, 0.5) is 5.82 Å². The first-order valence-electron chi connectivity index (χ1n) is 9.54. The average molecular weight is 445 g/mol. The molecule has 11 heteroatoms. The van der Waals surface area contributed by atoms with Crippen LogP contribution in [0.3, 0.4) is 0 Å². The van der Waals surface area contributed by atoms with Crippen LogP contribution >= 0.6 is 11.8 Å². The molecule has 0 saturated heterocycles. The molecule has 0 unspecified atom stereocenters. The minimum absolute atomic E-state index is 0.241. The number of hydrogen-bond acceptors (Lipinski definition) is 9. The molecule has 0 saturated carbocycles. The third-order valence-corrected chi connectivity index (χ3v) is 4.98. The van der Waals surface area contributed by atoms with E-state index in [-0.39, 0.29) is 5.91 Å². The molecule has 0 bridgehead atoms. The van der Waals surface area contributed by atoms with Gasteiger partial charge in [0.05, 0.1) is 37.4 Å². The molecule has 0 fully saturated rings. The Hall–Kier alpha value is -3.18. The third kappa shape index (κ3) is 5.50. The summed E-state index contributed by atoms with van der Waals surface area (Å²) in [6.07, 6.45) is 3.62. The van der Waals surface area contributed by atoms with E-state index in [1.807, 2.05) is 6.26 Å². The molecule has 0 aliphatic rings. The number of carbonyl (C=O) groups is 2. The number of anilines is 1. The molecule has 10 nitrogen and oxygen atoms in total. The maximum atomic E-state index is 12.4. The molecular weight excluding hydrogens is 420 g/mol. The van der Waals surface area contributed by atoms with Crippen molar-refractivity contribution in [3.63, 3.8) is 0 Å². The van der Waals surface area contributed by atoms with Gasteiger partial charge in [-0.2, -0.15) is 5.10 Å². The normalized spacial score (nSPS) is 10.8. The number of amides is 1. The Labute approximate surface area is 183 Å². The van der Waals surface area contributed by atoms with E-state index in [9.17, 15) is 9.59 Å². The highest BCUT2D eigenvalue weighted by Crippen LogP contribution is 2.23. The quantitative estimate of drug-likeness (QED) is 0.209. The van der Waals surface area contributed by atoms with Crippen molar-refractivity contribution in [2.24, 2.45) is 0 Å². The predicted octanol–water partition coefficient (Wildman–Crippen LogP) is 1.82. The summed E-state index contributed by atoms with van der Waals surface area (Å²) < 4.78 is 11.5. The van der Waals surface area contributed by atoms with Crippen molar-refractivity contribution in [3.05, 3.63) is 41.6 Å². The number of aromatic nitrogens is 4. The maximum absolute atomic E-state index is 12.4. The fraction of sp³-hybridized carbons (Fsp3) is 0.350. The zero-order valence-electron chi connectivity index (χ0n) is 17.5. The maximum Gasteiger partial charge on any atom is 0.337 e. The summed E-state index contributed by atoms with van der Waals surface area (Å²) in [6.45, 7) is 1.98. The highest BCUT2D eigenvalue weighted by atomic mass is 32.2. The molecule has 1 aromatic carbocycles. The van der Waals surface area contributed by atoms with Gasteiger partial charge in [-0.3, -0.25) is 4.79 Å². The van der Waals surface area contributed by atoms with Gasteiger partial charge < -0.3 is 20.1 Å². The van der Waals surface area contributed by atoms with Crippen LogP contribution in [0.1, 0.15) is 20.7 Å². The van der Waals surface area contributed by atoms with E-state index in [0.29, 0.717) is 54.0 Å². The second-order valence-corrected chi connectivity index (χ2v) is 7.18. The summed E-state index contributed by atoms with van der Waals surface area (Å²) in [7, 11) is 2.96. The number of methoxy groups -OCH3 is 2. The molecule has 0 aliphatic carbocycles. The van der Waals surface area contributed by atoms with Gasteiger partial charge in [-0.15, -0.1) is 0 Å². The standard InChI is InChI=1S/C20H24N6O4S/c1-29-11-9-21-16-15-12-23-26(17(15)25-20(24-16)31-3)10-8-22-18(27)13-4-6-14(7-5-13)19(28)30-2/h4-7,12H,8-11H2,1-3H3,(H,22,27)(H,21,24,25). The van der Waals surface area contributed by atoms with Crippen LogP contribution in [0, 0.1) is 0 Å². The van der Waals surface area contributed by atoms with Gasteiger partial charge in [0.1, 0.15) is 5.82 Å². The van der Waals surface area contributed by atoms with Crippen LogP contribution in [-0.2, 0) is 16.0 Å². The number of nitrogens with one attached hydrogen (secondary N) is 2. The second kappa shape index (κ2) is 10.7. The van der Waals surface area contributed by atoms with Crippen molar-refractivity contribution in [2.75, 3.05) is 45.5 Å². The predicted molar refractivity (Wildman–Crippen MR) is 118 cm³/mol. The van der Waals surface area contributed by atoms with Crippen LogP contribution < -0.4 is 10.6 Å². The van der Waals surface area contributed by atoms with Gasteiger partial charge >= 0.3 is 5.97 Å². The largest absolute Gasteiger partial charge is 0.465 e. The summed E-state index contributed by atoms with van der Waals surface area (Å²) in [5.41, 5.74) is 1.53. The zero-order chi connectivity index (χ0) is 22.2. The van der Waals surface area contributed by atoms with Crippen molar-refractivity contribution < 1.29 is 19.1 Å². The number of esters is 1. The lowest BCUT2D eigenvalue weighted by atomic mass is 10.1. The molecule has 0 radical (unpaired) electrons. The van der Waals surface area contributed by atoms with Crippen molar-refractivity contribution in [3.8, 4) is 0 Å². The SMILES string of the molecule is COCCNc1nc(SC)nc2c1cnn2CCNC(=O)c1ccc(C(=O)OC)cc1. The van der Waals surface area contributed by atoms with E-state index < -0.39 is 5.97 Å². The number of thioether (sulfide) groups is 1. The molecule has 1 amide bonds. The average Bonchev–Trinajstić information content (AvgIpc) is 3.21. The smallest absolute Gasteiger partial charge is 0.337 e. The highest BCUT2D eigenvalue weighted by Gasteiger charge is 2.13. The molecule has 2 heterocycles. The first-order valence-corrected chi connectivity index (χ1v) is 10.8. The number of carbonyl (C=O) groups excluding carboxylic acids is 2. The number of ether oxygens (including phenoxy) is 2. The second-order valence-electron chi connectivity index (χ2n) is 6.41. The molecule has 2 aromatic heterocycles. The zero-order valence-corrected chi connectivity index (χ0v) is 18.4. The van der Waals surface area contributed by atoms with Crippen molar-refractivity contribution in [1.29, 1.82) is 0 Å². The first-order chi connectivity index (χ1) is 15.1. The number of rotatable bonds is 10. The summed E-state index contributed by atoms with van der Waals surface area (Å²) >= 11 is 1.44. The number of fused-ring (bicyclic) bond motifs is 1. The minimum atomic E-state index is -0.444.